The van der Waals surface area contributed by atoms with Gasteiger partial charge in [0.05, 0.1) is 5.75 Å². The van der Waals surface area contributed by atoms with Crippen LogP contribution in [-0.2, 0) is 9.05 Å². The van der Waals surface area contributed by atoms with E-state index in [0.29, 0.717) is 12.0 Å². The van der Waals surface area contributed by atoms with Crippen LogP contribution in [0.4, 0.5) is 0 Å². The first-order valence-corrected chi connectivity index (χ1v) is 8.59. The zero-order valence-corrected chi connectivity index (χ0v) is 12.2. The monoisotopic (exact) mass is 279 g/mol. The Morgan fingerprint density at radius 1 is 1.53 bits per heavy atom. The minimum Gasteiger partial charge on any atom is -0.301 e. The van der Waals surface area contributed by atoms with Crippen LogP contribution in [0, 0.1) is 5.92 Å². The molecule has 1 unspecified atom stereocenters. The Balaban J connectivity index is 2.44. The molecule has 0 aromatic rings. The Bertz CT molecular complexity index is 365. The number of nitrogens with zero attached hydrogens (tertiary/aromatic N) is 1. The number of hydrogen-bond acceptors (Lipinski definition) is 3. The minimum absolute atomic E-state index is 0.0905. The van der Waals surface area contributed by atoms with E-state index in [2.05, 4.69) is 25.3 Å². The van der Waals surface area contributed by atoms with Gasteiger partial charge < -0.3 is 4.90 Å². The van der Waals surface area contributed by atoms with Gasteiger partial charge in [0.25, 0.3) is 0 Å². The smallest absolute Gasteiger partial charge is 0.236 e. The molecular weight excluding hydrogens is 258 g/mol. The van der Waals surface area contributed by atoms with Gasteiger partial charge in [-0.3, -0.25) is 0 Å². The summed E-state index contributed by atoms with van der Waals surface area (Å²) in [7, 11) is 1.78. The van der Waals surface area contributed by atoms with Crippen molar-refractivity contribution in [2.24, 2.45) is 5.92 Å². The average molecular weight is 280 g/mol. The fourth-order valence-electron chi connectivity index (χ4n) is 2.44. The van der Waals surface area contributed by atoms with E-state index in [0.717, 1.165) is 31.5 Å². The summed E-state index contributed by atoms with van der Waals surface area (Å²) in [5.41, 5.74) is 0.732. The summed E-state index contributed by atoms with van der Waals surface area (Å²) in [6.45, 7) is 10.4. The third-order valence-corrected chi connectivity index (χ3v) is 4.31. The topological polar surface area (TPSA) is 37.4 Å². The molecule has 0 amide bonds. The van der Waals surface area contributed by atoms with Crippen LogP contribution in [0.1, 0.15) is 33.1 Å². The van der Waals surface area contributed by atoms with Crippen molar-refractivity contribution in [1.82, 2.24) is 4.90 Å². The molecule has 0 radical (unpaired) electrons. The van der Waals surface area contributed by atoms with Crippen molar-refractivity contribution in [2.45, 2.75) is 39.2 Å². The van der Waals surface area contributed by atoms with Crippen molar-refractivity contribution in [2.75, 3.05) is 18.8 Å². The van der Waals surface area contributed by atoms with E-state index in [4.69, 9.17) is 10.7 Å². The Kier molecular flexibility index (Phi) is 5.48. The fourth-order valence-corrected chi connectivity index (χ4v) is 3.51. The van der Waals surface area contributed by atoms with Gasteiger partial charge in [-0.1, -0.05) is 12.2 Å². The molecule has 0 bridgehead atoms. The third kappa shape index (κ3) is 5.89. The number of halogens is 1. The summed E-state index contributed by atoms with van der Waals surface area (Å²) < 4.78 is 21.9. The molecule has 3 nitrogen and oxygen atoms in total. The molecule has 0 aromatic heterocycles. The number of likely N-dealkylation sites (tertiary alicyclic amines) is 1. The lowest BCUT2D eigenvalue weighted by Gasteiger charge is -2.35. The Labute approximate surface area is 109 Å². The molecule has 0 aliphatic carbocycles. The molecule has 0 aromatic carbocycles. The van der Waals surface area contributed by atoms with Crippen LogP contribution in [-0.4, -0.2) is 38.2 Å². The number of rotatable bonds is 5. The molecule has 5 heteroatoms. The zero-order chi connectivity index (χ0) is 13.1. The predicted molar refractivity (Wildman–Crippen MR) is 72.8 cm³/mol. The standard InChI is InChI=1S/C12H22ClNO2S/c1-10(2)14-6-4-5-12(8-14)7-11(3)9-17(13,15)16/h10,12H,3-9H2,1-2H3. The highest BCUT2D eigenvalue weighted by Crippen LogP contribution is 2.24. The molecule has 1 fully saturated rings. The lowest BCUT2D eigenvalue weighted by molar-refractivity contribution is 0.140. The lowest BCUT2D eigenvalue weighted by atomic mass is 9.91. The van der Waals surface area contributed by atoms with E-state index in [1.165, 1.54) is 6.42 Å². The second kappa shape index (κ2) is 6.21. The number of piperidine rings is 1. The first kappa shape index (κ1) is 15.0. The van der Waals surface area contributed by atoms with Gasteiger partial charge in [-0.2, -0.15) is 0 Å². The van der Waals surface area contributed by atoms with E-state index in [1.54, 1.807) is 0 Å². The van der Waals surface area contributed by atoms with Gasteiger partial charge >= 0.3 is 0 Å². The molecule has 1 heterocycles. The van der Waals surface area contributed by atoms with Crippen molar-refractivity contribution in [3.63, 3.8) is 0 Å². The van der Waals surface area contributed by atoms with Gasteiger partial charge in [0.15, 0.2) is 0 Å². The van der Waals surface area contributed by atoms with Gasteiger partial charge in [-0.05, 0) is 45.6 Å². The van der Waals surface area contributed by atoms with Crippen LogP contribution >= 0.6 is 10.7 Å². The van der Waals surface area contributed by atoms with Crippen LogP contribution in [0.25, 0.3) is 0 Å². The SMILES string of the molecule is C=C(CC1CCCN(C(C)C)C1)CS(=O)(=O)Cl. The second-order valence-corrected chi connectivity index (χ2v) is 8.01. The van der Waals surface area contributed by atoms with Crippen LogP contribution < -0.4 is 0 Å². The zero-order valence-electron chi connectivity index (χ0n) is 10.7. The van der Waals surface area contributed by atoms with E-state index in [1.807, 2.05) is 0 Å². The first-order chi connectivity index (χ1) is 7.78. The van der Waals surface area contributed by atoms with Crippen LogP contribution in [0.15, 0.2) is 12.2 Å². The van der Waals surface area contributed by atoms with E-state index < -0.39 is 9.05 Å². The molecule has 17 heavy (non-hydrogen) atoms. The minimum atomic E-state index is -3.44. The molecule has 0 spiro atoms. The molecule has 1 saturated heterocycles. The molecular formula is C12H22ClNO2S. The third-order valence-electron chi connectivity index (χ3n) is 3.23. The maximum Gasteiger partial charge on any atom is 0.236 e. The highest BCUT2D eigenvalue weighted by molar-refractivity contribution is 8.13. The first-order valence-electron chi connectivity index (χ1n) is 6.11. The quantitative estimate of drug-likeness (QED) is 0.573. The van der Waals surface area contributed by atoms with Crippen molar-refractivity contribution < 1.29 is 8.42 Å². The van der Waals surface area contributed by atoms with Crippen molar-refractivity contribution in [3.05, 3.63) is 12.2 Å². The Morgan fingerprint density at radius 3 is 2.71 bits per heavy atom. The summed E-state index contributed by atoms with van der Waals surface area (Å²) in [5, 5.41) is 0. The van der Waals surface area contributed by atoms with E-state index >= 15 is 0 Å². The second-order valence-electron chi connectivity index (χ2n) is 5.23. The molecule has 1 atom stereocenters. The summed E-state index contributed by atoms with van der Waals surface area (Å²) in [6, 6.07) is 0.558. The summed E-state index contributed by atoms with van der Waals surface area (Å²) >= 11 is 0. The highest BCUT2D eigenvalue weighted by Gasteiger charge is 2.22. The molecule has 1 rings (SSSR count). The maximum atomic E-state index is 11.0. The molecule has 1 aliphatic rings. The summed E-state index contributed by atoms with van der Waals surface area (Å²) in [4.78, 5) is 2.44. The molecule has 0 N–H and O–H groups in total. The van der Waals surface area contributed by atoms with Gasteiger partial charge in [0, 0.05) is 23.3 Å². The van der Waals surface area contributed by atoms with Gasteiger partial charge in [0.1, 0.15) is 0 Å². The van der Waals surface area contributed by atoms with Crippen LogP contribution in [0.5, 0.6) is 0 Å². The molecule has 0 saturated carbocycles. The lowest BCUT2D eigenvalue weighted by Crippen LogP contribution is -2.40. The summed E-state index contributed by atoms with van der Waals surface area (Å²) in [6.07, 6.45) is 3.11. The van der Waals surface area contributed by atoms with Crippen molar-refractivity contribution in [1.29, 1.82) is 0 Å². The van der Waals surface area contributed by atoms with E-state index in [-0.39, 0.29) is 5.75 Å². The Hall–Kier alpha value is -0.0600. The average Bonchev–Trinajstić information content (AvgIpc) is 2.14. The van der Waals surface area contributed by atoms with Gasteiger partial charge in [-0.15, -0.1) is 0 Å². The fraction of sp³-hybridized carbons (Fsp3) is 0.833. The van der Waals surface area contributed by atoms with Crippen molar-refractivity contribution >= 4 is 19.7 Å². The Morgan fingerprint density at radius 2 is 2.18 bits per heavy atom. The van der Waals surface area contributed by atoms with E-state index in [9.17, 15) is 8.42 Å². The van der Waals surface area contributed by atoms with Gasteiger partial charge in [0.2, 0.25) is 9.05 Å². The molecule has 100 valence electrons. The van der Waals surface area contributed by atoms with Crippen molar-refractivity contribution in [3.8, 4) is 0 Å². The van der Waals surface area contributed by atoms with Crippen LogP contribution in [0.3, 0.4) is 0 Å². The largest absolute Gasteiger partial charge is 0.301 e. The highest BCUT2D eigenvalue weighted by atomic mass is 35.7. The summed E-state index contributed by atoms with van der Waals surface area (Å²) in [5.74, 6) is 0.435. The molecule has 1 aliphatic heterocycles. The van der Waals surface area contributed by atoms with Gasteiger partial charge in [-0.25, -0.2) is 8.42 Å². The normalized spacial score (nSPS) is 22.9. The number of hydrogen-bond donors (Lipinski definition) is 0. The van der Waals surface area contributed by atoms with Crippen LogP contribution in [0.2, 0.25) is 0 Å². The maximum absolute atomic E-state index is 11.0. The predicted octanol–water partition coefficient (Wildman–Crippen LogP) is 2.62.